The van der Waals surface area contributed by atoms with Crippen molar-refractivity contribution in [3.63, 3.8) is 0 Å². The minimum Gasteiger partial charge on any atom is -0.314 e. The first kappa shape index (κ1) is 13.8. The summed E-state index contributed by atoms with van der Waals surface area (Å²) in [5, 5.41) is 3.82. The standard InChI is InChI=1S/C15H21ClFN/c1-2-7-18-13-5-3-11(9-13)8-12-4-6-15(17)14(16)10-12/h4,6,10-11,13,18H,2-3,5,7-9H2,1H3. The Balaban J connectivity index is 1.85. The van der Waals surface area contributed by atoms with Crippen LogP contribution in [0.3, 0.4) is 0 Å². The molecule has 1 aliphatic carbocycles. The van der Waals surface area contributed by atoms with E-state index >= 15 is 0 Å². The highest BCUT2D eigenvalue weighted by atomic mass is 35.5. The van der Waals surface area contributed by atoms with Crippen molar-refractivity contribution in [1.29, 1.82) is 0 Å². The monoisotopic (exact) mass is 269 g/mol. The number of hydrogen-bond acceptors (Lipinski definition) is 1. The van der Waals surface area contributed by atoms with E-state index in [0.29, 0.717) is 12.0 Å². The second-order valence-electron chi connectivity index (χ2n) is 5.28. The Morgan fingerprint density at radius 3 is 2.94 bits per heavy atom. The molecule has 2 unspecified atom stereocenters. The molecule has 1 aliphatic rings. The fourth-order valence-corrected chi connectivity index (χ4v) is 3.00. The molecule has 1 fully saturated rings. The zero-order valence-electron chi connectivity index (χ0n) is 10.9. The number of hydrogen-bond donors (Lipinski definition) is 1. The second-order valence-corrected chi connectivity index (χ2v) is 5.69. The molecule has 2 rings (SSSR count). The van der Waals surface area contributed by atoms with Gasteiger partial charge in [-0.3, -0.25) is 0 Å². The molecule has 2 atom stereocenters. The lowest BCUT2D eigenvalue weighted by Gasteiger charge is -2.13. The Hall–Kier alpha value is -0.600. The Morgan fingerprint density at radius 1 is 1.39 bits per heavy atom. The lowest BCUT2D eigenvalue weighted by atomic mass is 9.98. The smallest absolute Gasteiger partial charge is 0.141 e. The molecule has 0 saturated heterocycles. The van der Waals surface area contributed by atoms with Gasteiger partial charge in [0, 0.05) is 6.04 Å². The fraction of sp³-hybridized carbons (Fsp3) is 0.600. The highest BCUT2D eigenvalue weighted by molar-refractivity contribution is 6.30. The van der Waals surface area contributed by atoms with Crippen molar-refractivity contribution in [3.05, 3.63) is 34.6 Å². The zero-order chi connectivity index (χ0) is 13.0. The Bertz CT molecular complexity index is 394. The maximum Gasteiger partial charge on any atom is 0.141 e. The van der Waals surface area contributed by atoms with Crippen LogP contribution >= 0.6 is 11.6 Å². The molecule has 0 bridgehead atoms. The van der Waals surface area contributed by atoms with E-state index in [1.54, 1.807) is 6.07 Å². The minimum absolute atomic E-state index is 0.242. The van der Waals surface area contributed by atoms with Crippen LogP contribution in [0.5, 0.6) is 0 Å². The summed E-state index contributed by atoms with van der Waals surface area (Å²) in [4.78, 5) is 0. The highest BCUT2D eigenvalue weighted by Crippen LogP contribution is 2.29. The summed E-state index contributed by atoms with van der Waals surface area (Å²) < 4.78 is 13.1. The highest BCUT2D eigenvalue weighted by Gasteiger charge is 2.24. The van der Waals surface area contributed by atoms with Gasteiger partial charge in [-0.15, -0.1) is 0 Å². The van der Waals surface area contributed by atoms with Crippen LogP contribution in [0.25, 0.3) is 0 Å². The average molecular weight is 270 g/mol. The fourth-order valence-electron chi connectivity index (χ4n) is 2.79. The number of halogens is 2. The predicted octanol–water partition coefficient (Wildman–Crippen LogP) is 4.19. The van der Waals surface area contributed by atoms with E-state index < -0.39 is 0 Å². The van der Waals surface area contributed by atoms with Crippen LogP contribution in [0.15, 0.2) is 18.2 Å². The van der Waals surface area contributed by atoms with Crippen LogP contribution in [-0.2, 0) is 6.42 Å². The van der Waals surface area contributed by atoms with Crippen LogP contribution in [0, 0.1) is 11.7 Å². The molecule has 1 N–H and O–H groups in total. The largest absolute Gasteiger partial charge is 0.314 e. The van der Waals surface area contributed by atoms with E-state index in [0.717, 1.165) is 18.5 Å². The number of benzene rings is 1. The van der Waals surface area contributed by atoms with Gasteiger partial charge in [0.15, 0.2) is 0 Å². The summed E-state index contributed by atoms with van der Waals surface area (Å²) in [6, 6.07) is 5.77. The van der Waals surface area contributed by atoms with Crippen molar-refractivity contribution in [2.24, 2.45) is 5.92 Å². The lowest BCUT2D eigenvalue weighted by molar-refractivity contribution is 0.484. The first-order chi connectivity index (χ1) is 8.69. The van der Waals surface area contributed by atoms with E-state index in [1.165, 1.54) is 31.7 Å². The van der Waals surface area contributed by atoms with Gasteiger partial charge in [-0.1, -0.05) is 24.6 Å². The van der Waals surface area contributed by atoms with E-state index in [1.807, 2.05) is 6.07 Å². The molecule has 100 valence electrons. The van der Waals surface area contributed by atoms with Crippen LogP contribution < -0.4 is 5.32 Å². The van der Waals surface area contributed by atoms with Crippen molar-refractivity contribution in [2.45, 2.75) is 45.1 Å². The lowest BCUT2D eigenvalue weighted by Crippen LogP contribution is -2.27. The van der Waals surface area contributed by atoms with Crippen molar-refractivity contribution < 1.29 is 4.39 Å². The quantitative estimate of drug-likeness (QED) is 0.845. The molecular formula is C15H21ClFN. The van der Waals surface area contributed by atoms with E-state index in [-0.39, 0.29) is 10.8 Å². The van der Waals surface area contributed by atoms with Gasteiger partial charge < -0.3 is 5.32 Å². The maximum absolute atomic E-state index is 13.1. The van der Waals surface area contributed by atoms with Gasteiger partial charge in [0.2, 0.25) is 0 Å². The molecule has 0 amide bonds. The van der Waals surface area contributed by atoms with Gasteiger partial charge in [0.25, 0.3) is 0 Å². The third-order valence-corrected chi connectivity index (χ3v) is 4.02. The Labute approximate surface area is 114 Å². The van der Waals surface area contributed by atoms with Crippen molar-refractivity contribution in [2.75, 3.05) is 6.54 Å². The predicted molar refractivity (Wildman–Crippen MR) is 74.5 cm³/mol. The number of rotatable bonds is 5. The normalized spacial score (nSPS) is 23.5. The van der Waals surface area contributed by atoms with Crippen LogP contribution in [-0.4, -0.2) is 12.6 Å². The topological polar surface area (TPSA) is 12.0 Å². The van der Waals surface area contributed by atoms with Crippen molar-refractivity contribution >= 4 is 11.6 Å². The molecule has 0 radical (unpaired) electrons. The molecular weight excluding hydrogens is 249 g/mol. The summed E-state index contributed by atoms with van der Waals surface area (Å²) in [5.41, 5.74) is 1.16. The number of nitrogens with one attached hydrogen (secondary N) is 1. The van der Waals surface area contributed by atoms with Crippen LogP contribution in [0.2, 0.25) is 5.02 Å². The van der Waals surface area contributed by atoms with Gasteiger partial charge in [0.1, 0.15) is 5.82 Å². The molecule has 1 aromatic carbocycles. The third-order valence-electron chi connectivity index (χ3n) is 3.73. The van der Waals surface area contributed by atoms with Crippen LogP contribution in [0.1, 0.15) is 38.2 Å². The van der Waals surface area contributed by atoms with Gasteiger partial charge in [-0.05, 0) is 62.3 Å². The summed E-state index contributed by atoms with van der Waals surface area (Å²) in [6.07, 6.45) is 5.96. The van der Waals surface area contributed by atoms with Crippen molar-refractivity contribution in [3.8, 4) is 0 Å². The Kier molecular flexibility index (Phi) is 5.02. The third kappa shape index (κ3) is 3.69. The molecule has 1 nitrogen and oxygen atoms in total. The molecule has 0 heterocycles. The SMILES string of the molecule is CCCNC1CCC(Cc2ccc(F)c(Cl)c2)C1. The Morgan fingerprint density at radius 2 is 2.22 bits per heavy atom. The summed E-state index contributed by atoms with van der Waals surface area (Å²) in [7, 11) is 0. The summed E-state index contributed by atoms with van der Waals surface area (Å²) in [5.74, 6) is 0.384. The van der Waals surface area contributed by atoms with Crippen molar-refractivity contribution in [1.82, 2.24) is 5.32 Å². The molecule has 0 aliphatic heterocycles. The van der Waals surface area contributed by atoms with Gasteiger partial charge in [0.05, 0.1) is 5.02 Å². The molecule has 1 saturated carbocycles. The van der Waals surface area contributed by atoms with Gasteiger partial charge in [-0.2, -0.15) is 0 Å². The molecule has 1 aromatic rings. The molecule has 0 aromatic heterocycles. The first-order valence-corrected chi connectivity index (χ1v) is 7.24. The first-order valence-electron chi connectivity index (χ1n) is 6.86. The second kappa shape index (κ2) is 6.53. The maximum atomic E-state index is 13.1. The molecule has 3 heteroatoms. The summed E-state index contributed by atoms with van der Waals surface area (Å²) >= 11 is 5.81. The van der Waals surface area contributed by atoms with Crippen LogP contribution in [0.4, 0.5) is 4.39 Å². The van der Waals surface area contributed by atoms with Gasteiger partial charge >= 0.3 is 0 Å². The average Bonchev–Trinajstić information content (AvgIpc) is 2.79. The van der Waals surface area contributed by atoms with Gasteiger partial charge in [-0.25, -0.2) is 4.39 Å². The van der Waals surface area contributed by atoms with E-state index in [9.17, 15) is 4.39 Å². The zero-order valence-corrected chi connectivity index (χ0v) is 11.6. The van der Waals surface area contributed by atoms with E-state index in [2.05, 4.69) is 12.2 Å². The molecule has 18 heavy (non-hydrogen) atoms. The van der Waals surface area contributed by atoms with E-state index in [4.69, 9.17) is 11.6 Å². The summed E-state index contributed by atoms with van der Waals surface area (Å²) in [6.45, 7) is 3.31. The minimum atomic E-state index is -0.325. The molecule has 0 spiro atoms.